The summed E-state index contributed by atoms with van der Waals surface area (Å²) in [6.07, 6.45) is 1.33. The molecule has 1 heterocycles. The van der Waals surface area contributed by atoms with Crippen LogP contribution in [0.2, 0.25) is 0 Å². The highest BCUT2D eigenvalue weighted by Crippen LogP contribution is 2.11. The summed E-state index contributed by atoms with van der Waals surface area (Å²) in [7, 11) is 3.48. The van der Waals surface area contributed by atoms with Crippen molar-refractivity contribution in [3.63, 3.8) is 0 Å². The molecule has 0 spiro atoms. The normalized spacial score (nSPS) is 13.2. The Morgan fingerprint density at radius 2 is 2.07 bits per heavy atom. The van der Waals surface area contributed by atoms with Crippen molar-refractivity contribution in [2.24, 2.45) is 4.99 Å². The van der Waals surface area contributed by atoms with Gasteiger partial charge in [0.1, 0.15) is 5.82 Å². The van der Waals surface area contributed by atoms with Crippen LogP contribution in [0.25, 0.3) is 6.08 Å². The lowest BCUT2D eigenvalue weighted by Gasteiger charge is -2.12. The van der Waals surface area contributed by atoms with Gasteiger partial charge in [0.2, 0.25) is 0 Å². The fourth-order valence-corrected chi connectivity index (χ4v) is 1.41. The van der Waals surface area contributed by atoms with Gasteiger partial charge in [-0.1, -0.05) is 0 Å². The number of halogens is 1. The molecule has 4 heteroatoms. The maximum absolute atomic E-state index is 13.4. The lowest BCUT2D eigenvalue weighted by molar-refractivity contribution is -0.112. The Morgan fingerprint density at radius 1 is 1.36 bits per heavy atom. The average Bonchev–Trinajstić information content (AvgIpc) is 2.42. The smallest absolute Gasteiger partial charge is 0.270 e. The number of hydrogen-bond acceptors (Lipinski definition) is 2. The van der Waals surface area contributed by atoms with Gasteiger partial charge in [-0.15, -0.1) is 0 Å². The zero-order chi connectivity index (χ0) is 10.3. The second-order valence-corrected chi connectivity index (χ2v) is 3.35. The first-order valence-corrected chi connectivity index (χ1v) is 4.19. The third-order valence-corrected chi connectivity index (χ3v) is 2.09. The molecule has 0 radical (unpaired) electrons. The van der Waals surface area contributed by atoms with Gasteiger partial charge in [0.05, 0.1) is 11.0 Å². The van der Waals surface area contributed by atoms with Crippen molar-refractivity contribution in [3.8, 4) is 0 Å². The first-order chi connectivity index (χ1) is 6.58. The molecule has 2 rings (SSSR count). The van der Waals surface area contributed by atoms with E-state index in [0.29, 0.717) is 16.3 Å². The van der Waals surface area contributed by atoms with Gasteiger partial charge < -0.3 is 4.90 Å². The van der Waals surface area contributed by atoms with E-state index in [1.54, 1.807) is 25.1 Å². The highest BCUT2D eigenvalue weighted by Gasteiger charge is 2.09. The maximum atomic E-state index is 13.4. The Bertz CT molecular complexity index is 520. The van der Waals surface area contributed by atoms with Crippen molar-refractivity contribution in [1.29, 1.82) is 0 Å². The average molecular weight is 192 g/mol. The summed E-state index contributed by atoms with van der Waals surface area (Å²) in [5, 5.41) is 1.10. The van der Waals surface area contributed by atoms with E-state index in [2.05, 4.69) is 4.99 Å². The van der Waals surface area contributed by atoms with Crippen LogP contribution in [0.3, 0.4) is 0 Å². The lowest BCUT2D eigenvalue weighted by atomic mass is 10.2. The van der Waals surface area contributed by atoms with Crippen LogP contribution >= 0.6 is 0 Å². The Morgan fingerprint density at radius 3 is 2.71 bits per heavy atom. The molecular formula is C10H9FN2O. The van der Waals surface area contributed by atoms with Gasteiger partial charge in [-0.25, -0.2) is 9.38 Å². The van der Waals surface area contributed by atoms with Crippen molar-refractivity contribution in [2.75, 3.05) is 19.0 Å². The number of rotatable bonds is 1. The summed E-state index contributed by atoms with van der Waals surface area (Å²) in [5.74, 6) is -0.662. The molecule has 1 aromatic carbocycles. The zero-order valence-electron chi connectivity index (χ0n) is 7.91. The largest absolute Gasteiger partial charge is 0.375 e. The SMILES string of the molecule is CN(C)c1cc2c(cc1F)=CC(=O)N=2. The van der Waals surface area contributed by atoms with Crippen LogP contribution in [0.4, 0.5) is 10.1 Å². The fourth-order valence-electron chi connectivity index (χ4n) is 1.41. The highest BCUT2D eigenvalue weighted by atomic mass is 19.1. The van der Waals surface area contributed by atoms with Gasteiger partial charge >= 0.3 is 0 Å². The number of carbonyl (C=O) groups is 1. The number of hydrogen-bond donors (Lipinski definition) is 0. The molecule has 0 atom stereocenters. The number of benzene rings is 1. The van der Waals surface area contributed by atoms with Crippen LogP contribution in [0.15, 0.2) is 17.1 Å². The Labute approximate surface area is 80.2 Å². The number of carbonyl (C=O) groups excluding carboxylic acids is 1. The van der Waals surface area contributed by atoms with Crippen molar-refractivity contribution >= 4 is 17.7 Å². The number of nitrogens with zero attached hydrogens (tertiary/aromatic N) is 2. The number of amides is 1. The molecule has 1 amide bonds. The quantitative estimate of drug-likeness (QED) is 0.619. The van der Waals surface area contributed by atoms with E-state index in [1.807, 2.05) is 0 Å². The molecule has 3 nitrogen and oxygen atoms in total. The molecule has 0 saturated carbocycles. The molecule has 72 valence electrons. The summed E-state index contributed by atoms with van der Waals surface area (Å²) in [5.41, 5.74) is 0.440. The topological polar surface area (TPSA) is 32.7 Å². The van der Waals surface area contributed by atoms with Gasteiger partial charge in [-0.05, 0) is 12.1 Å². The molecule has 0 N–H and O–H groups in total. The number of anilines is 1. The minimum atomic E-state index is -0.338. The minimum absolute atomic E-state index is 0.324. The monoisotopic (exact) mass is 192 g/mol. The van der Waals surface area contributed by atoms with Crippen LogP contribution in [0.1, 0.15) is 0 Å². The van der Waals surface area contributed by atoms with Gasteiger partial charge in [-0.3, -0.25) is 4.79 Å². The Hall–Kier alpha value is -1.71. The second kappa shape index (κ2) is 2.90. The van der Waals surface area contributed by atoms with Crippen molar-refractivity contribution < 1.29 is 9.18 Å². The Balaban J connectivity index is 2.74. The molecule has 0 saturated heterocycles. The molecule has 1 aliphatic rings. The molecule has 0 bridgehead atoms. The van der Waals surface area contributed by atoms with E-state index in [0.717, 1.165) is 0 Å². The van der Waals surface area contributed by atoms with E-state index in [9.17, 15) is 9.18 Å². The summed E-state index contributed by atoms with van der Waals surface area (Å²) in [6, 6.07) is 2.91. The second-order valence-electron chi connectivity index (χ2n) is 3.35. The first-order valence-electron chi connectivity index (χ1n) is 4.19. The van der Waals surface area contributed by atoms with Gasteiger partial charge in [0.25, 0.3) is 5.91 Å². The van der Waals surface area contributed by atoms with E-state index in [1.165, 1.54) is 12.1 Å². The molecule has 0 aromatic heterocycles. The van der Waals surface area contributed by atoms with Gasteiger partial charge in [0.15, 0.2) is 0 Å². The third kappa shape index (κ3) is 1.28. The molecule has 1 aromatic rings. The van der Waals surface area contributed by atoms with Gasteiger partial charge in [0, 0.05) is 25.4 Å². The van der Waals surface area contributed by atoms with Gasteiger partial charge in [-0.2, -0.15) is 0 Å². The van der Waals surface area contributed by atoms with E-state index < -0.39 is 0 Å². The molecule has 1 aliphatic heterocycles. The van der Waals surface area contributed by atoms with Crippen LogP contribution in [-0.2, 0) is 4.79 Å². The molecule has 0 aliphatic carbocycles. The maximum Gasteiger partial charge on any atom is 0.270 e. The predicted molar refractivity (Wildman–Crippen MR) is 51.0 cm³/mol. The van der Waals surface area contributed by atoms with Crippen molar-refractivity contribution in [3.05, 3.63) is 28.5 Å². The lowest BCUT2D eigenvalue weighted by Crippen LogP contribution is -2.25. The van der Waals surface area contributed by atoms with Crippen molar-refractivity contribution in [2.45, 2.75) is 0 Å². The summed E-state index contributed by atoms with van der Waals surface area (Å²) < 4.78 is 13.4. The Kier molecular flexibility index (Phi) is 1.84. The van der Waals surface area contributed by atoms with E-state index >= 15 is 0 Å². The molecular weight excluding hydrogens is 183 g/mol. The predicted octanol–water partition coefficient (Wildman–Crippen LogP) is -0.168. The zero-order valence-corrected chi connectivity index (χ0v) is 7.91. The first kappa shape index (κ1) is 8.87. The standard InChI is InChI=1S/C10H9FN2O/c1-13(2)9-5-8-6(3-7(9)11)4-10(14)12-8/h3-5H,1-2H3. The van der Waals surface area contributed by atoms with Crippen LogP contribution < -0.4 is 15.5 Å². The van der Waals surface area contributed by atoms with E-state index in [4.69, 9.17) is 0 Å². The summed E-state index contributed by atoms with van der Waals surface area (Å²) in [4.78, 5) is 16.3. The van der Waals surface area contributed by atoms with Crippen LogP contribution in [-0.4, -0.2) is 20.0 Å². The number of fused-ring (bicyclic) bond motifs is 1. The molecule has 0 unspecified atom stereocenters. The third-order valence-electron chi connectivity index (χ3n) is 2.09. The minimum Gasteiger partial charge on any atom is -0.375 e. The summed E-state index contributed by atoms with van der Waals surface area (Å²) >= 11 is 0. The van der Waals surface area contributed by atoms with Crippen LogP contribution in [0.5, 0.6) is 0 Å². The molecule has 14 heavy (non-hydrogen) atoms. The van der Waals surface area contributed by atoms with Crippen LogP contribution in [0, 0.1) is 5.82 Å². The molecule has 0 fully saturated rings. The fraction of sp³-hybridized carbons (Fsp3) is 0.200. The van der Waals surface area contributed by atoms with E-state index in [-0.39, 0.29) is 11.7 Å². The van der Waals surface area contributed by atoms with Crippen molar-refractivity contribution in [1.82, 2.24) is 0 Å². The highest BCUT2D eigenvalue weighted by molar-refractivity contribution is 6.06. The summed E-state index contributed by atoms with van der Waals surface area (Å²) in [6.45, 7) is 0.